The predicted molar refractivity (Wildman–Crippen MR) is 80.3 cm³/mol. The minimum Gasteiger partial charge on any atom is -0.457 e. The molecular weight excluding hydrogens is 268 g/mol. The molecule has 2 atom stereocenters. The topological polar surface area (TPSA) is 53.4 Å². The molecule has 1 aliphatic carbocycles. The molecule has 118 valence electrons. The predicted octanol–water partition coefficient (Wildman–Crippen LogP) is 2.90. The van der Waals surface area contributed by atoms with Crippen molar-refractivity contribution in [1.29, 1.82) is 0 Å². The van der Waals surface area contributed by atoms with Crippen LogP contribution in [0.5, 0.6) is 0 Å². The fourth-order valence-electron chi connectivity index (χ4n) is 2.93. The van der Waals surface area contributed by atoms with Gasteiger partial charge in [-0.25, -0.2) is 4.79 Å². The molecule has 1 heterocycles. The smallest absolute Gasteiger partial charge is 0.359 e. The Morgan fingerprint density at radius 2 is 2.05 bits per heavy atom. The van der Waals surface area contributed by atoms with Gasteiger partial charge < -0.3 is 9.47 Å². The lowest BCUT2D eigenvalue weighted by Gasteiger charge is -2.57. The summed E-state index contributed by atoms with van der Waals surface area (Å²) in [6, 6.07) is 1.81. The monoisotopic (exact) mass is 294 g/mol. The van der Waals surface area contributed by atoms with Crippen LogP contribution in [0.1, 0.15) is 63.1 Å². The molecule has 0 amide bonds. The van der Waals surface area contributed by atoms with Crippen LogP contribution in [-0.2, 0) is 16.5 Å². The highest BCUT2D eigenvalue weighted by Gasteiger charge is 2.60. The van der Waals surface area contributed by atoms with Crippen LogP contribution in [0.3, 0.4) is 0 Å². The Labute approximate surface area is 126 Å². The first-order chi connectivity index (χ1) is 9.62. The number of methoxy groups -OCH3 is 1. The third-order valence-electron chi connectivity index (χ3n) is 5.16. The molecule has 1 aliphatic rings. The van der Waals surface area contributed by atoms with E-state index in [0.717, 1.165) is 5.69 Å². The van der Waals surface area contributed by atoms with Crippen molar-refractivity contribution in [2.24, 2.45) is 12.5 Å². The van der Waals surface area contributed by atoms with E-state index in [1.807, 2.05) is 13.1 Å². The van der Waals surface area contributed by atoms with E-state index in [9.17, 15) is 4.79 Å². The molecule has 0 radical (unpaired) electrons. The number of aryl methyl sites for hydroxylation is 1. The maximum absolute atomic E-state index is 12.3. The molecule has 0 saturated heterocycles. The van der Waals surface area contributed by atoms with Gasteiger partial charge in [-0.3, -0.25) is 4.68 Å². The number of nitrogens with zero attached hydrogens (tertiary/aromatic N) is 2. The normalized spacial score (nSPS) is 27.5. The fourth-order valence-corrected chi connectivity index (χ4v) is 2.93. The van der Waals surface area contributed by atoms with Gasteiger partial charge in [0.25, 0.3) is 0 Å². The molecule has 2 rings (SSSR count). The van der Waals surface area contributed by atoms with E-state index in [1.54, 1.807) is 11.8 Å². The first kappa shape index (κ1) is 16.0. The molecule has 1 aromatic heterocycles. The maximum Gasteiger partial charge on any atom is 0.359 e. The van der Waals surface area contributed by atoms with Gasteiger partial charge in [0, 0.05) is 31.7 Å². The zero-order valence-electron chi connectivity index (χ0n) is 14.1. The molecule has 0 N–H and O–H groups in total. The van der Waals surface area contributed by atoms with E-state index in [0.29, 0.717) is 18.0 Å². The molecular formula is C16H26N2O3. The van der Waals surface area contributed by atoms with Crippen LogP contribution in [0.25, 0.3) is 0 Å². The molecule has 0 aromatic carbocycles. The Morgan fingerprint density at radius 1 is 1.43 bits per heavy atom. The summed E-state index contributed by atoms with van der Waals surface area (Å²) in [4.78, 5) is 12.3. The van der Waals surface area contributed by atoms with Crippen LogP contribution in [-0.4, -0.2) is 34.6 Å². The fraction of sp³-hybridized carbons (Fsp3) is 0.750. The van der Waals surface area contributed by atoms with Crippen LogP contribution < -0.4 is 0 Å². The van der Waals surface area contributed by atoms with Gasteiger partial charge in [0.05, 0.1) is 5.60 Å². The highest BCUT2D eigenvalue weighted by Crippen LogP contribution is 2.53. The third kappa shape index (κ3) is 2.48. The Balaban J connectivity index is 2.08. The SMILES string of the molecule is CO[C@@]1(C)C[C@@H](OC(=O)c2cc(C(C)C)n(C)n2)C1(C)C. The summed E-state index contributed by atoms with van der Waals surface area (Å²) < 4.78 is 12.9. The zero-order valence-corrected chi connectivity index (χ0v) is 14.1. The summed E-state index contributed by atoms with van der Waals surface area (Å²) >= 11 is 0. The lowest BCUT2D eigenvalue weighted by atomic mass is 9.57. The van der Waals surface area contributed by atoms with Crippen molar-refractivity contribution in [3.63, 3.8) is 0 Å². The van der Waals surface area contributed by atoms with Crippen LogP contribution in [0, 0.1) is 5.41 Å². The number of hydrogen-bond acceptors (Lipinski definition) is 4. The van der Waals surface area contributed by atoms with Gasteiger partial charge in [0.2, 0.25) is 0 Å². The summed E-state index contributed by atoms with van der Waals surface area (Å²) in [6.07, 6.45) is 0.575. The van der Waals surface area contributed by atoms with E-state index in [4.69, 9.17) is 9.47 Å². The molecule has 0 unspecified atom stereocenters. The largest absolute Gasteiger partial charge is 0.457 e. The lowest BCUT2D eigenvalue weighted by molar-refractivity contribution is -0.229. The van der Waals surface area contributed by atoms with Crippen LogP contribution >= 0.6 is 0 Å². The van der Waals surface area contributed by atoms with Gasteiger partial charge in [0.15, 0.2) is 5.69 Å². The van der Waals surface area contributed by atoms with Crippen molar-refractivity contribution in [1.82, 2.24) is 9.78 Å². The van der Waals surface area contributed by atoms with Crippen molar-refractivity contribution >= 4 is 5.97 Å². The quantitative estimate of drug-likeness (QED) is 0.801. The van der Waals surface area contributed by atoms with E-state index in [1.165, 1.54) is 0 Å². The van der Waals surface area contributed by atoms with E-state index in [2.05, 4.69) is 39.7 Å². The van der Waals surface area contributed by atoms with Crippen LogP contribution in [0.2, 0.25) is 0 Å². The Kier molecular flexibility index (Phi) is 3.91. The van der Waals surface area contributed by atoms with Gasteiger partial charge >= 0.3 is 5.97 Å². The molecule has 1 fully saturated rings. The summed E-state index contributed by atoms with van der Waals surface area (Å²) in [5, 5.41) is 4.26. The number of esters is 1. The summed E-state index contributed by atoms with van der Waals surface area (Å²) in [5.74, 6) is -0.0327. The molecule has 21 heavy (non-hydrogen) atoms. The standard InChI is InChI=1S/C16H26N2O3/c1-10(2)12-8-11(17-18(12)6)14(19)21-13-9-16(5,20-7)15(13,3)4/h8,10,13H,9H2,1-7H3/t13-,16+/m1/s1. The van der Waals surface area contributed by atoms with Crippen molar-refractivity contribution in [2.75, 3.05) is 7.11 Å². The summed E-state index contributed by atoms with van der Waals surface area (Å²) in [6.45, 7) is 10.3. The minimum absolute atomic E-state index is 0.139. The van der Waals surface area contributed by atoms with Crippen molar-refractivity contribution in [2.45, 2.75) is 58.7 Å². The number of carbonyl (C=O) groups is 1. The summed E-state index contributed by atoms with van der Waals surface area (Å²) in [5.41, 5.74) is 0.956. The Bertz CT molecular complexity index is 548. The molecule has 0 aliphatic heterocycles. The average Bonchev–Trinajstić information content (AvgIpc) is 2.80. The minimum atomic E-state index is -0.353. The van der Waals surface area contributed by atoms with E-state index in [-0.39, 0.29) is 23.1 Å². The lowest BCUT2D eigenvalue weighted by Crippen LogP contribution is -2.64. The highest BCUT2D eigenvalue weighted by atomic mass is 16.6. The van der Waals surface area contributed by atoms with Crippen LogP contribution in [0.15, 0.2) is 6.07 Å². The van der Waals surface area contributed by atoms with Gasteiger partial charge in [-0.2, -0.15) is 5.10 Å². The second kappa shape index (κ2) is 5.13. The second-order valence-corrected chi connectivity index (χ2v) is 6.99. The van der Waals surface area contributed by atoms with Crippen LogP contribution in [0.4, 0.5) is 0 Å². The van der Waals surface area contributed by atoms with Crippen molar-refractivity contribution in [3.8, 4) is 0 Å². The summed E-state index contributed by atoms with van der Waals surface area (Å²) in [7, 11) is 3.55. The molecule has 1 aromatic rings. The van der Waals surface area contributed by atoms with Crippen molar-refractivity contribution in [3.05, 3.63) is 17.5 Å². The molecule has 1 saturated carbocycles. The van der Waals surface area contributed by atoms with Gasteiger partial charge in [-0.1, -0.05) is 27.7 Å². The van der Waals surface area contributed by atoms with E-state index < -0.39 is 0 Å². The second-order valence-electron chi connectivity index (χ2n) is 6.99. The molecule has 0 spiro atoms. The van der Waals surface area contributed by atoms with Crippen molar-refractivity contribution < 1.29 is 14.3 Å². The third-order valence-corrected chi connectivity index (χ3v) is 5.16. The number of aromatic nitrogens is 2. The Hall–Kier alpha value is -1.36. The zero-order chi connectivity index (χ0) is 16.0. The van der Waals surface area contributed by atoms with Gasteiger partial charge in [0.1, 0.15) is 6.10 Å². The number of carbonyl (C=O) groups excluding carboxylic acids is 1. The number of hydrogen-bond donors (Lipinski definition) is 0. The number of ether oxygens (including phenoxy) is 2. The molecule has 0 bridgehead atoms. The maximum atomic E-state index is 12.3. The highest BCUT2D eigenvalue weighted by molar-refractivity contribution is 5.87. The molecule has 5 nitrogen and oxygen atoms in total. The first-order valence-electron chi connectivity index (χ1n) is 7.42. The first-order valence-corrected chi connectivity index (χ1v) is 7.42. The average molecular weight is 294 g/mol. The molecule has 5 heteroatoms. The Morgan fingerprint density at radius 3 is 2.48 bits per heavy atom. The van der Waals surface area contributed by atoms with Gasteiger partial charge in [-0.05, 0) is 18.9 Å². The van der Waals surface area contributed by atoms with E-state index >= 15 is 0 Å². The number of rotatable bonds is 4. The van der Waals surface area contributed by atoms with Gasteiger partial charge in [-0.15, -0.1) is 0 Å².